The predicted molar refractivity (Wildman–Crippen MR) is 180 cm³/mol. The minimum Gasteiger partial charge on any atom is -0.384 e. The summed E-state index contributed by atoms with van der Waals surface area (Å²) >= 11 is 0. The van der Waals surface area contributed by atoms with Crippen molar-refractivity contribution in [1.29, 1.82) is 0 Å². The summed E-state index contributed by atoms with van der Waals surface area (Å²) in [6, 6.07) is 12.9. The molecule has 1 aliphatic heterocycles. The van der Waals surface area contributed by atoms with E-state index in [1.807, 2.05) is 12.4 Å². The molecule has 7 nitrogen and oxygen atoms in total. The van der Waals surface area contributed by atoms with Gasteiger partial charge in [-0.25, -0.2) is 0 Å². The summed E-state index contributed by atoms with van der Waals surface area (Å²) in [7, 11) is 0. The first-order valence-electron chi connectivity index (χ1n) is 13.4. The van der Waals surface area contributed by atoms with Crippen molar-refractivity contribution >= 4 is 93.6 Å². The third-order valence-corrected chi connectivity index (χ3v) is 7.32. The molecule has 222 valence electrons. The Morgan fingerprint density at radius 2 is 1.23 bits per heavy atom. The van der Waals surface area contributed by atoms with Gasteiger partial charge in [-0.3, -0.25) is 14.9 Å². The molecule has 0 aliphatic carbocycles. The zero-order chi connectivity index (χ0) is 24.7. The van der Waals surface area contributed by atoms with Crippen molar-refractivity contribution in [3.8, 4) is 0 Å². The van der Waals surface area contributed by atoms with Crippen molar-refractivity contribution in [3.63, 3.8) is 0 Å². The van der Waals surface area contributed by atoms with E-state index in [0.717, 1.165) is 116 Å². The Morgan fingerprint density at radius 1 is 0.725 bits per heavy atom. The number of nitrogens with zero attached hydrogens (tertiary/aromatic N) is 4. The first-order chi connectivity index (χ1) is 17.8. The molecule has 2 aromatic heterocycles. The summed E-state index contributed by atoms with van der Waals surface area (Å²) in [6.45, 7) is 14.3. The number of fused-ring (bicyclic) bond motifs is 5. The first kappa shape index (κ1) is 36.2. The maximum Gasteiger partial charge on any atom is 0.0801 e. The topological polar surface area (TPSA) is 65.5 Å². The van der Waals surface area contributed by atoms with E-state index in [1.165, 1.54) is 0 Å². The number of hydrogen-bond donors (Lipinski definition) is 2. The summed E-state index contributed by atoms with van der Waals surface area (Å²) in [5, 5.41) is 11.9. The predicted octanol–water partition coefficient (Wildman–Crippen LogP) is 6.51. The Labute approximate surface area is 262 Å². The molecule has 3 heterocycles. The number of aromatic nitrogens is 2. The molecule has 0 saturated carbocycles. The lowest BCUT2D eigenvalue weighted by Crippen LogP contribution is -2.39. The fourth-order valence-corrected chi connectivity index (χ4v) is 5.19. The largest absolute Gasteiger partial charge is 0.384 e. The normalized spacial score (nSPS) is 13.3. The third-order valence-electron chi connectivity index (χ3n) is 7.32. The van der Waals surface area contributed by atoms with E-state index >= 15 is 0 Å². The maximum absolute atomic E-state index is 5.46. The molecule has 0 unspecified atom stereocenters. The summed E-state index contributed by atoms with van der Waals surface area (Å²) in [5.74, 6) is 0. The molecule has 0 amide bonds. The van der Waals surface area contributed by atoms with Crippen LogP contribution in [-0.4, -0.2) is 85.3 Å². The van der Waals surface area contributed by atoms with Gasteiger partial charge in [-0.15, -0.1) is 49.6 Å². The number of pyridine rings is 2. The first-order valence-corrected chi connectivity index (χ1v) is 13.4. The third kappa shape index (κ3) is 8.35. The van der Waals surface area contributed by atoms with Gasteiger partial charge in [0.2, 0.25) is 0 Å². The highest BCUT2D eigenvalue weighted by Crippen LogP contribution is 2.34. The Hall–Kier alpha value is -1.84. The number of rotatable bonds is 11. The number of hydrogen-bond acceptors (Lipinski definition) is 7. The number of morpholine rings is 1. The standard InChI is InChI=1S/C29H38N6O.4ClH/c1-3-34(4-2)16-5-12-30-26-10-13-32-28-22-7-9-25-27(31-15-17-35-18-20-36-21-19-35)11-14-33-29(25)23(22)6-8-24(26)28;;;;/h6-11,13-14H,3-5,12,15-21H2,1-2H3,(H,30,32)(H,31,33);4*1H. The molecule has 11 heteroatoms. The number of benzene rings is 2. The quantitative estimate of drug-likeness (QED) is 0.144. The van der Waals surface area contributed by atoms with Crippen LogP contribution in [0.15, 0.2) is 48.8 Å². The van der Waals surface area contributed by atoms with Crippen LogP contribution in [0.2, 0.25) is 0 Å². The lowest BCUT2D eigenvalue weighted by atomic mass is 10.0. The van der Waals surface area contributed by atoms with Gasteiger partial charge in [0.15, 0.2) is 0 Å². The van der Waals surface area contributed by atoms with E-state index in [4.69, 9.17) is 14.7 Å². The molecule has 0 atom stereocenters. The van der Waals surface area contributed by atoms with Gasteiger partial charge in [0.05, 0.1) is 24.2 Å². The minimum absolute atomic E-state index is 0. The van der Waals surface area contributed by atoms with Crippen molar-refractivity contribution in [1.82, 2.24) is 19.8 Å². The van der Waals surface area contributed by atoms with E-state index in [1.54, 1.807) is 0 Å². The van der Waals surface area contributed by atoms with Gasteiger partial charge in [0, 0.05) is 78.0 Å². The summed E-state index contributed by atoms with van der Waals surface area (Å²) < 4.78 is 5.46. The van der Waals surface area contributed by atoms with E-state index in [-0.39, 0.29) is 49.6 Å². The molecular formula is C29H42Cl4N6O. The average molecular weight is 633 g/mol. The molecule has 0 spiro atoms. The Bertz CT molecular complexity index is 1320. The number of anilines is 2. The molecule has 0 radical (unpaired) electrons. The second kappa shape index (κ2) is 17.9. The van der Waals surface area contributed by atoms with Crippen LogP contribution in [0.1, 0.15) is 20.3 Å². The fraction of sp³-hybridized carbons (Fsp3) is 0.448. The van der Waals surface area contributed by atoms with Gasteiger partial charge < -0.3 is 20.3 Å². The maximum atomic E-state index is 5.46. The van der Waals surface area contributed by atoms with E-state index < -0.39 is 0 Å². The molecular weight excluding hydrogens is 590 g/mol. The van der Waals surface area contributed by atoms with Crippen molar-refractivity contribution in [2.24, 2.45) is 0 Å². The Morgan fingerprint density at radius 3 is 1.75 bits per heavy atom. The molecule has 4 aromatic rings. The van der Waals surface area contributed by atoms with Gasteiger partial charge in [-0.1, -0.05) is 38.1 Å². The average Bonchev–Trinajstić information content (AvgIpc) is 2.93. The van der Waals surface area contributed by atoms with Gasteiger partial charge in [0.1, 0.15) is 0 Å². The van der Waals surface area contributed by atoms with Crippen molar-refractivity contribution in [3.05, 3.63) is 48.8 Å². The fourth-order valence-electron chi connectivity index (χ4n) is 5.19. The highest BCUT2D eigenvalue weighted by Gasteiger charge is 2.13. The molecule has 5 rings (SSSR count). The van der Waals surface area contributed by atoms with Gasteiger partial charge in [-0.2, -0.15) is 0 Å². The zero-order valence-electron chi connectivity index (χ0n) is 23.2. The van der Waals surface area contributed by atoms with Crippen LogP contribution in [0.5, 0.6) is 0 Å². The van der Waals surface area contributed by atoms with E-state index in [9.17, 15) is 0 Å². The molecule has 2 N–H and O–H groups in total. The lowest BCUT2D eigenvalue weighted by molar-refractivity contribution is 0.0398. The van der Waals surface area contributed by atoms with Crippen LogP contribution in [0.4, 0.5) is 11.4 Å². The second-order valence-electron chi connectivity index (χ2n) is 9.42. The second-order valence-corrected chi connectivity index (χ2v) is 9.42. The van der Waals surface area contributed by atoms with Crippen LogP contribution in [0, 0.1) is 0 Å². The van der Waals surface area contributed by atoms with Crippen LogP contribution in [0.3, 0.4) is 0 Å². The number of halogens is 4. The molecule has 1 fully saturated rings. The van der Waals surface area contributed by atoms with Gasteiger partial charge in [-0.05, 0) is 38.2 Å². The van der Waals surface area contributed by atoms with E-state index in [0.29, 0.717) is 0 Å². The summed E-state index contributed by atoms with van der Waals surface area (Å²) in [4.78, 5) is 14.5. The Balaban J connectivity index is 0.00000200. The van der Waals surface area contributed by atoms with Crippen LogP contribution in [-0.2, 0) is 4.74 Å². The molecule has 2 aromatic carbocycles. The van der Waals surface area contributed by atoms with Crippen molar-refractivity contribution < 1.29 is 4.74 Å². The van der Waals surface area contributed by atoms with Crippen LogP contribution >= 0.6 is 49.6 Å². The van der Waals surface area contributed by atoms with Gasteiger partial charge >= 0.3 is 0 Å². The van der Waals surface area contributed by atoms with E-state index in [2.05, 4.69) is 70.7 Å². The number of nitrogens with one attached hydrogen (secondary N) is 2. The molecule has 40 heavy (non-hydrogen) atoms. The van der Waals surface area contributed by atoms with Gasteiger partial charge in [0.25, 0.3) is 0 Å². The summed E-state index contributed by atoms with van der Waals surface area (Å²) in [6.07, 6.45) is 4.94. The van der Waals surface area contributed by atoms with Crippen LogP contribution in [0.25, 0.3) is 32.6 Å². The number of ether oxygens (including phenoxy) is 1. The Kier molecular flexibility index (Phi) is 16.2. The molecule has 0 bridgehead atoms. The molecule has 1 aliphatic rings. The highest BCUT2D eigenvalue weighted by molar-refractivity contribution is 6.18. The SMILES string of the molecule is CCN(CC)CCCNc1ccnc2c1ccc1c2ccc2c(NCCN3CCOCC3)ccnc21.Cl.Cl.Cl.Cl. The zero-order valence-corrected chi connectivity index (χ0v) is 26.5. The van der Waals surface area contributed by atoms with Crippen molar-refractivity contribution in [2.45, 2.75) is 20.3 Å². The summed E-state index contributed by atoms with van der Waals surface area (Å²) in [5.41, 5.74) is 4.32. The van der Waals surface area contributed by atoms with Crippen molar-refractivity contribution in [2.75, 3.05) is 76.2 Å². The minimum atomic E-state index is 0. The van der Waals surface area contributed by atoms with Crippen LogP contribution < -0.4 is 10.6 Å². The lowest BCUT2D eigenvalue weighted by Gasteiger charge is -2.26. The monoisotopic (exact) mass is 630 g/mol. The molecule has 1 saturated heterocycles. The smallest absolute Gasteiger partial charge is 0.0801 e. The highest BCUT2D eigenvalue weighted by atomic mass is 35.5.